The monoisotopic (exact) mass is 297 g/mol. The smallest absolute Gasteiger partial charge is 0.242 e. The number of carbonyl (C=O) groups is 1. The molecule has 1 amide bonds. The van der Waals surface area contributed by atoms with Crippen molar-refractivity contribution in [2.75, 3.05) is 13.1 Å². The van der Waals surface area contributed by atoms with Crippen LogP contribution in [0.5, 0.6) is 0 Å². The van der Waals surface area contributed by atoms with Crippen LogP contribution in [0.2, 0.25) is 0 Å². The molecule has 0 aliphatic carbocycles. The van der Waals surface area contributed by atoms with Gasteiger partial charge in [0.25, 0.3) is 0 Å². The van der Waals surface area contributed by atoms with E-state index in [1.807, 2.05) is 59.7 Å². The minimum absolute atomic E-state index is 0.0842. The molecule has 3 aromatic rings. The number of benzene rings is 1. The van der Waals surface area contributed by atoms with E-state index in [1.165, 1.54) is 0 Å². The van der Waals surface area contributed by atoms with Crippen molar-refractivity contribution in [1.29, 1.82) is 0 Å². The highest BCUT2D eigenvalue weighted by atomic mass is 16.3. The number of furan rings is 1. The van der Waals surface area contributed by atoms with Gasteiger partial charge in [0.05, 0.1) is 17.3 Å². The molecule has 3 rings (SSSR count). The van der Waals surface area contributed by atoms with Crippen molar-refractivity contribution in [2.24, 2.45) is 0 Å². The van der Waals surface area contributed by atoms with Gasteiger partial charge in [0.1, 0.15) is 6.54 Å². The van der Waals surface area contributed by atoms with E-state index in [4.69, 9.17) is 4.42 Å². The zero-order valence-corrected chi connectivity index (χ0v) is 12.8. The van der Waals surface area contributed by atoms with Crippen LogP contribution in [0.1, 0.15) is 13.8 Å². The second-order valence-corrected chi connectivity index (χ2v) is 5.05. The summed E-state index contributed by atoms with van der Waals surface area (Å²) >= 11 is 0. The van der Waals surface area contributed by atoms with Crippen LogP contribution in [0.4, 0.5) is 0 Å². The summed E-state index contributed by atoms with van der Waals surface area (Å²) in [5.41, 5.74) is 1.80. The first-order valence-electron chi connectivity index (χ1n) is 7.51. The van der Waals surface area contributed by atoms with Crippen molar-refractivity contribution in [3.05, 3.63) is 42.7 Å². The Bertz CT molecular complexity index is 770. The van der Waals surface area contributed by atoms with Gasteiger partial charge in [-0.25, -0.2) is 4.98 Å². The highest BCUT2D eigenvalue weighted by Gasteiger charge is 2.18. The zero-order valence-electron chi connectivity index (χ0n) is 12.8. The third-order valence-corrected chi connectivity index (χ3v) is 3.81. The molecule has 22 heavy (non-hydrogen) atoms. The number of imidazole rings is 1. The molecule has 1 aromatic carbocycles. The van der Waals surface area contributed by atoms with Crippen molar-refractivity contribution in [2.45, 2.75) is 20.4 Å². The Labute approximate surface area is 129 Å². The van der Waals surface area contributed by atoms with E-state index < -0.39 is 0 Å². The van der Waals surface area contributed by atoms with Gasteiger partial charge in [-0.05, 0) is 38.1 Å². The SMILES string of the molecule is CCN(CC)C(=O)Cn1c(-c2ccco2)nc2ccccc21. The lowest BCUT2D eigenvalue weighted by molar-refractivity contribution is -0.131. The Morgan fingerprint density at radius 1 is 1.18 bits per heavy atom. The van der Waals surface area contributed by atoms with E-state index in [-0.39, 0.29) is 12.5 Å². The number of fused-ring (bicyclic) bond motifs is 1. The van der Waals surface area contributed by atoms with Gasteiger partial charge in [0.2, 0.25) is 5.91 Å². The summed E-state index contributed by atoms with van der Waals surface area (Å²) in [5.74, 6) is 1.44. The normalized spacial score (nSPS) is 11.0. The van der Waals surface area contributed by atoms with Crippen LogP contribution in [0.15, 0.2) is 47.1 Å². The molecule has 0 aliphatic rings. The Hall–Kier alpha value is -2.56. The number of carbonyl (C=O) groups excluding carboxylic acids is 1. The van der Waals surface area contributed by atoms with Crippen molar-refractivity contribution in [3.63, 3.8) is 0 Å². The van der Waals surface area contributed by atoms with Crippen LogP contribution >= 0.6 is 0 Å². The number of aromatic nitrogens is 2. The maximum Gasteiger partial charge on any atom is 0.242 e. The van der Waals surface area contributed by atoms with Gasteiger partial charge < -0.3 is 13.9 Å². The highest BCUT2D eigenvalue weighted by molar-refractivity contribution is 5.83. The third kappa shape index (κ3) is 2.50. The van der Waals surface area contributed by atoms with Gasteiger partial charge >= 0.3 is 0 Å². The first-order chi connectivity index (χ1) is 10.7. The molecule has 0 bridgehead atoms. The fourth-order valence-electron chi connectivity index (χ4n) is 2.64. The lowest BCUT2D eigenvalue weighted by atomic mass is 10.3. The summed E-state index contributed by atoms with van der Waals surface area (Å²) in [6.45, 7) is 5.65. The average molecular weight is 297 g/mol. The molecule has 114 valence electrons. The van der Waals surface area contributed by atoms with Gasteiger partial charge in [-0.2, -0.15) is 0 Å². The first kappa shape index (κ1) is 14.4. The molecule has 5 nitrogen and oxygen atoms in total. The largest absolute Gasteiger partial charge is 0.461 e. The summed E-state index contributed by atoms with van der Waals surface area (Å²) in [4.78, 5) is 18.9. The van der Waals surface area contributed by atoms with Gasteiger partial charge in [-0.3, -0.25) is 4.79 Å². The second kappa shape index (κ2) is 6.05. The predicted octanol–water partition coefficient (Wildman–Crippen LogP) is 3.16. The Morgan fingerprint density at radius 2 is 1.95 bits per heavy atom. The maximum absolute atomic E-state index is 12.5. The van der Waals surface area contributed by atoms with Crippen LogP contribution in [0.3, 0.4) is 0 Å². The van der Waals surface area contributed by atoms with E-state index in [1.54, 1.807) is 6.26 Å². The van der Waals surface area contributed by atoms with E-state index in [2.05, 4.69) is 4.98 Å². The van der Waals surface area contributed by atoms with E-state index in [0.29, 0.717) is 24.7 Å². The molecule has 0 fully saturated rings. The fraction of sp³-hybridized carbons (Fsp3) is 0.294. The molecule has 2 aromatic heterocycles. The molecule has 0 unspecified atom stereocenters. The zero-order chi connectivity index (χ0) is 15.5. The Morgan fingerprint density at radius 3 is 2.64 bits per heavy atom. The molecule has 2 heterocycles. The standard InChI is InChI=1S/C17H19N3O2/c1-3-19(4-2)16(21)12-20-14-9-6-5-8-13(14)18-17(20)15-10-7-11-22-15/h5-11H,3-4,12H2,1-2H3. The second-order valence-electron chi connectivity index (χ2n) is 5.05. The highest BCUT2D eigenvalue weighted by Crippen LogP contribution is 2.25. The maximum atomic E-state index is 12.5. The van der Waals surface area contributed by atoms with Crippen molar-refractivity contribution >= 4 is 16.9 Å². The summed E-state index contributed by atoms with van der Waals surface area (Å²) in [7, 11) is 0. The molecule has 0 N–H and O–H groups in total. The van der Waals surface area contributed by atoms with Gasteiger partial charge in [0, 0.05) is 13.1 Å². The molecular weight excluding hydrogens is 278 g/mol. The number of nitrogens with zero attached hydrogens (tertiary/aromatic N) is 3. The predicted molar refractivity (Wildman–Crippen MR) is 85.4 cm³/mol. The van der Waals surface area contributed by atoms with Crippen LogP contribution in [0.25, 0.3) is 22.6 Å². The van der Waals surface area contributed by atoms with Gasteiger partial charge in [-0.15, -0.1) is 0 Å². The van der Waals surface area contributed by atoms with Crippen LogP contribution in [0, 0.1) is 0 Å². The Balaban J connectivity index is 2.06. The molecule has 5 heteroatoms. The van der Waals surface area contributed by atoms with Gasteiger partial charge in [0.15, 0.2) is 11.6 Å². The molecule has 0 saturated heterocycles. The summed E-state index contributed by atoms with van der Waals surface area (Å²) < 4.78 is 7.40. The summed E-state index contributed by atoms with van der Waals surface area (Å²) in [6, 6.07) is 11.5. The fourth-order valence-corrected chi connectivity index (χ4v) is 2.64. The molecule has 0 radical (unpaired) electrons. The lowest BCUT2D eigenvalue weighted by Gasteiger charge is -2.19. The minimum Gasteiger partial charge on any atom is -0.461 e. The Kier molecular flexibility index (Phi) is 3.96. The van der Waals surface area contributed by atoms with E-state index in [0.717, 1.165) is 11.0 Å². The lowest BCUT2D eigenvalue weighted by Crippen LogP contribution is -2.33. The molecule has 0 atom stereocenters. The van der Waals surface area contributed by atoms with Gasteiger partial charge in [-0.1, -0.05) is 12.1 Å². The van der Waals surface area contributed by atoms with E-state index >= 15 is 0 Å². The van der Waals surface area contributed by atoms with Crippen LogP contribution in [-0.4, -0.2) is 33.4 Å². The molecule has 0 saturated carbocycles. The number of para-hydroxylation sites is 2. The van der Waals surface area contributed by atoms with Crippen LogP contribution < -0.4 is 0 Å². The summed E-state index contributed by atoms with van der Waals surface area (Å²) in [6.07, 6.45) is 1.62. The van der Waals surface area contributed by atoms with Crippen LogP contribution in [-0.2, 0) is 11.3 Å². The topological polar surface area (TPSA) is 51.3 Å². The van der Waals surface area contributed by atoms with Crippen molar-refractivity contribution in [1.82, 2.24) is 14.5 Å². The molecular formula is C17H19N3O2. The number of amides is 1. The van der Waals surface area contributed by atoms with E-state index in [9.17, 15) is 4.79 Å². The molecule has 0 aliphatic heterocycles. The number of hydrogen-bond acceptors (Lipinski definition) is 3. The number of hydrogen-bond donors (Lipinski definition) is 0. The third-order valence-electron chi connectivity index (χ3n) is 3.81. The van der Waals surface area contributed by atoms with Crippen molar-refractivity contribution in [3.8, 4) is 11.6 Å². The minimum atomic E-state index is 0.0842. The quantitative estimate of drug-likeness (QED) is 0.727. The van der Waals surface area contributed by atoms with Crippen molar-refractivity contribution < 1.29 is 9.21 Å². The average Bonchev–Trinajstić information content (AvgIpc) is 3.16. The number of likely N-dealkylation sites (N-methyl/N-ethyl adjacent to an activating group) is 1. The first-order valence-corrected chi connectivity index (χ1v) is 7.51. The number of rotatable bonds is 5. The summed E-state index contributed by atoms with van der Waals surface area (Å²) in [5, 5.41) is 0. The molecule has 0 spiro atoms.